The lowest BCUT2D eigenvalue weighted by Crippen LogP contribution is -2.43. The van der Waals surface area contributed by atoms with Crippen molar-refractivity contribution in [1.29, 1.82) is 0 Å². The Balaban J connectivity index is 1.54. The lowest BCUT2D eigenvalue weighted by Gasteiger charge is -2.39. The standard InChI is InChI=1S/C20H21Cl2N5O2/c1-26-18(28)14-16(12-3-2-4-13(21)15(12)22)24-25-17(14)23-19(26)27-8-5-20(6-9-27)7-10-29-11-20/h2-4H,5-11H2,1H3,(H,24,25). The van der Waals surface area contributed by atoms with Crippen molar-refractivity contribution in [3.8, 4) is 11.3 Å². The number of nitrogens with zero attached hydrogens (tertiary/aromatic N) is 4. The number of rotatable bonds is 2. The minimum Gasteiger partial charge on any atom is -0.381 e. The Bertz CT molecular complexity index is 1140. The monoisotopic (exact) mass is 433 g/mol. The third-order valence-corrected chi connectivity index (χ3v) is 7.10. The van der Waals surface area contributed by atoms with Crippen LogP contribution in [0.25, 0.3) is 22.3 Å². The highest BCUT2D eigenvalue weighted by atomic mass is 35.5. The summed E-state index contributed by atoms with van der Waals surface area (Å²) in [4.78, 5) is 20.1. The fourth-order valence-electron chi connectivity index (χ4n) is 4.44. The molecule has 152 valence electrons. The van der Waals surface area contributed by atoms with Crippen molar-refractivity contribution in [3.05, 3.63) is 38.6 Å². The second kappa shape index (κ2) is 7.00. The highest BCUT2D eigenvalue weighted by molar-refractivity contribution is 6.43. The van der Waals surface area contributed by atoms with E-state index in [2.05, 4.69) is 15.1 Å². The van der Waals surface area contributed by atoms with Crippen LogP contribution in [0.15, 0.2) is 23.0 Å². The van der Waals surface area contributed by atoms with Crippen molar-refractivity contribution in [1.82, 2.24) is 19.7 Å². The van der Waals surface area contributed by atoms with E-state index in [-0.39, 0.29) is 5.56 Å². The summed E-state index contributed by atoms with van der Waals surface area (Å²) >= 11 is 12.5. The molecule has 5 rings (SSSR count). The smallest absolute Gasteiger partial charge is 0.266 e. The van der Waals surface area contributed by atoms with Crippen LogP contribution in [-0.2, 0) is 11.8 Å². The molecule has 7 nitrogen and oxygen atoms in total. The van der Waals surface area contributed by atoms with E-state index >= 15 is 0 Å². The van der Waals surface area contributed by atoms with Crippen LogP contribution in [0.2, 0.25) is 10.0 Å². The summed E-state index contributed by atoms with van der Waals surface area (Å²) in [6.07, 6.45) is 3.22. The van der Waals surface area contributed by atoms with Gasteiger partial charge in [0.15, 0.2) is 5.65 Å². The number of halogens is 2. The number of anilines is 1. The summed E-state index contributed by atoms with van der Waals surface area (Å²) in [7, 11) is 1.75. The number of aromatic amines is 1. The third kappa shape index (κ3) is 3.03. The molecule has 1 aromatic carbocycles. The van der Waals surface area contributed by atoms with E-state index in [1.54, 1.807) is 29.8 Å². The quantitative estimate of drug-likeness (QED) is 0.667. The largest absolute Gasteiger partial charge is 0.381 e. The minimum absolute atomic E-state index is 0.158. The van der Waals surface area contributed by atoms with Crippen LogP contribution in [0.1, 0.15) is 19.3 Å². The predicted molar refractivity (Wildman–Crippen MR) is 114 cm³/mol. The molecule has 2 aromatic heterocycles. The van der Waals surface area contributed by atoms with Crippen molar-refractivity contribution >= 4 is 40.2 Å². The highest BCUT2D eigenvalue weighted by Gasteiger charge is 2.38. The third-order valence-electron chi connectivity index (χ3n) is 6.28. The van der Waals surface area contributed by atoms with Gasteiger partial charge in [0.25, 0.3) is 5.56 Å². The van der Waals surface area contributed by atoms with Gasteiger partial charge in [0.2, 0.25) is 5.95 Å². The van der Waals surface area contributed by atoms with Gasteiger partial charge < -0.3 is 9.64 Å². The Morgan fingerprint density at radius 3 is 2.72 bits per heavy atom. The summed E-state index contributed by atoms with van der Waals surface area (Å²) < 4.78 is 7.22. The summed E-state index contributed by atoms with van der Waals surface area (Å²) in [5, 5.41) is 8.44. The first-order valence-electron chi connectivity index (χ1n) is 9.71. The van der Waals surface area contributed by atoms with Crippen LogP contribution in [-0.4, -0.2) is 46.1 Å². The maximum atomic E-state index is 13.2. The molecule has 0 aliphatic carbocycles. The first-order valence-corrected chi connectivity index (χ1v) is 10.5. The molecule has 0 radical (unpaired) electrons. The number of aromatic nitrogens is 4. The molecular formula is C20H21Cl2N5O2. The van der Waals surface area contributed by atoms with E-state index in [4.69, 9.17) is 32.9 Å². The average Bonchev–Trinajstić information content (AvgIpc) is 3.35. The number of piperidine rings is 1. The van der Waals surface area contributed by atoms with Crippen LogP contribution in [0.4, 0.5) is 5.95 Å². The SMILES string of the molecule is Cn1c(N2CCC3(CCOC3)CC2)nc2[nH]nc(-c3cccc(Cl)c3Cl)c2c1=O. The summed E-state index contributed by atoms with van der Waals surface area (Å²) in [6.45, 7) is 3.41. The predicted octanol–water partition coefficient (Wildman–Crippen LogP) is 3.64. The van der Waals surface area contributed by atoms with Crippen LogP contribution in [0.5, 0.6) is 0 Å². The Hall–Kier alpha value is -2.09. The Morgan fingerprint density at radius 2 is 2.00 bits per heavy atom. The number of hydrogen-bond acceptors (Lipinski definition) is 5. The first kappa shape index (κ1) is 18.9. The van der Waals surface area contributed by atoms with E-state index in [9.17, 15) is 4.79 Å². The molecule has 3 aromatic rings. The molecule has 1 spiro atoms. The molecule has 0 saturated carbocycles. The highest BCUT2D eigenvalue weighted by Crippen LogP contribution is 2.40. The zero-order valence-electron chi connectivity index (χ0n) is 16.0. The van der Waals surface area contributed by atoms with Crippen molar-refractivity contribution in [3.63, 3.8) is 0 Å². The normalized spacial score (nSPS) is 18.8. The number of benzene rings is 1. The van der Waals surface area contributed by atoms with Gasteiger partial charge in [-0.1, -0.05) is 35.3 Å². The number of fused-ring (bicyclic) bond motifs is 1. The van der Waals surface area contributed by atoms with Gasteiger partial charge >= 0.3 is 0 Å². The maximum Gasteiger partial charge on any atom is 0.266 e. The van der Waals surface area contributed by atoms with Crippen molar-refractivity contribution in [2.45, 2.75) is 19.3 Å². The van der Waals surface area contributed by atoms with Crippen molar-refractivity contribution < 1.29 is 4.74 Å². The van der Waals surface area contributed by atoms with Crippen LogP contribution < -0.4 is 10.5 Å². The molecule has 0 atom stereocenters. The molecule has 2 aliphatic heterocycles. The second-order valence-electron chi connectivity index (χ2n) is 7.96. The van der Waals surface area contributed by atoms with Crippen LogP contribution >= 0.6 is 23.2 Å². The van der Waals surface area contributed by atoms with Crippen molar-refractivity contribution in [2.24, 2.45) is 12.5 Å². The molecule has 2 saturated heterocycles. The van der Waals surface area contributed by atoms with Gasteiger partial charge in [-0.2, -0.15) is 10.1 Å². The molecule has 2 fully saturated rings. The van der Waals surface area contributed by atoms with E-state index < -0.39 is 0 Å². The van der Waals surface area contributed by atoms with Gasteiger partial charge in [0, 0.05) is 32.3 Å². The van der Waals surface area contributed by atoms with Gasteiger partial charge in [-0.25, -0.2) is 0 Å². The fourth-order valence-corrected chi connectivity index (χ4v) is 4.83. The lowest BCUT2D eigenvalue weighted by molar-refractivity contribution is 0.133. The van der Waals surface area contributed by atoms with Crippen molar-refractivity contribution in [2.75, 3.05) is 31.2 Å². The minimum atomic E-state index is -0.158. The van der Waals surface area contributed by atoms with E-state index in [0.29, 0.717) is 43.7 Å². The average molecular weight is 434 g/mol. The number of nitrogens with one attached hydrogen (secondary N) is 1. The van der Waals surface area contributed by atoms with E-state index in [1.165, 1.54) is 0 Å². The number of ether oxygens (including phenoxy) is 1. The number of hydrogen-bond donors (Lipinski definition) is 1. The molecule has 2 aliphatic rings. The lowest BCUT2D eigenvalue weighted by atomic mass is 9.78. The molecule has 1 N–H and O–H groups in total. The van der Waals surface area contributed by atoms with Gasteiger partial charge in [0.05, 0.1) is 16.7 Å². The van der Waals surface area contributed by atoms with Crippen LogP contribution in [0, 0.1) is 5.41 Å². The summed E-state index contributed by atoms with van der Waals surface area (Å²) in [5.74, 6) is 0.656. The molecule has 0 bridgehead atoms. The van der Waals surface area contributed by atoms with Gasteiger partial charge in [-0.05, 0) is 30.7 Å². The zero-order chi connectivity index (χ0) is 20.2. The summed E-state index contributed by atoms with van der Waals surface area (Å²) in [6, 6.07) is 5.28. The topological polar surface area (TPSA) is 76.0 Å². The molecule has 0 amide bonds. The van der Waals surface area contributed by atoms with E-state index in [1.807, 2.05) is 0 Å². The summed E-state index contributed by atoms with van der Waals surface area (Å²) in [5.41, 5.74) is 1.67. The van der Waals surface area contributed by atoms with E-state index in [0.717, 1.165) is 45.6 Å². The second-order valence-corrected chi connectivity index (χ2v) is 8.75. The molecule has 29 heavy (non-hydrogen) atoms. The maximum absolute atomic E-state index is 13.2. The Labute approximate surface area is 177 Å². The Morgan fingerprint density at radius 1 is 1.21 bits per heavy atom. The zero-order valence-corrected chi connectivity index (χ0v) is 17.6. The van der Waals surface area contributed by atoms with Gasteiger partial charge in [0.1, 0.15) is 11.1 Å². The first-order chi connectivity index (χ1) is 14.0. The number of H-pyrrole nitrogens is 1. The Kier molecular flexibility index (Phi) is 4.57. The molecule has 0 unspecified atom stereocenters. The molecular weight excluding hydrogens is 413 g/mol. The van der Waals surface area contributed by atoms with Gasteiger partial charge in [-0.3, -0.25) is 14.5 Å². The molecule has 9 heteroatoms. The van der Waals surface area contributed by atoms with Crippen LogP contribution in [0.3, 0.4) is 0 Å². The van der Waals surface area contributed by atoms with Gasteiger partial charge in [-0.15, -0.1) is 0 Å². The fraction of sp³-hybridized carbons (Fsp3) is 0.450. The molecule has 4 heterocycles.